The summed E-state index contributed by atoms with van der Waals surface area (Å²) in [7, 11) is 1.79. The zero-order valence-corrected chi connectivity index (χ0v) is 13.3. The number of rotatable bonds is 4. The van der Waals surface area contributed by atoms with Crippen molar-refractivity contribution in [3.05, 3.63) is 28.2 Å². The third-order valence-corrected chi connectivity index (χ3v) is 4.50. The Kier molecular flexibility index (Phi) is 4.87. The molecule has 2 unspecified atom stereocenters. The van der Waals surface area contributed by atoms with Crippen LogP contribution in [0.1, 0.15) is 31.2 Å². The van der Waals surface area contributed by atoms with Gasteiger partial charge in [0.05, 0.1) is 11.6 Å². The maximum absolute atomic E-state index is 6.07. The monoisotopic (exact) mass is 326 g/mol. The Morgan fingerprint density at radius 1 is 1.42 bits per heavy atom. The SMILES string of the molecule is COC1CCCCC1(CN)Nc1cc(C)cc(Br)c1. The van der Waals surface area contributed by atoms with Crippen LogP contribution in [0.25, 0.3) is 0 Å². The molecule has 1 aliphatic carbocycles. The Morgan fingerprint density at radius 3 is 2.84 bits per heavy atom. The largest absolute Gasteiger partial charge is 0.379 e. The minimum absolute atomic E-state index is 0.139. The predicted molar refractivity (Wildman–Crippen MR) is 83.6 cm³/mol. The first-order valence-electron chi connectivity index (χ1n) is 6.88. The van der Waals surface area contributed by atoms with E-state index in [2.05, 4.69) is 46.4 Å². The number of halogens is 1. The minimum Gasteiger partial charge on any atom is -0.379 e. The molecule has 0 bridgehead atoms. The maximum atomic E-state index is 6.07. The van der Waals surface area contributed by atoms with Crippen molar-refractivity contribution in [3.63, 3.8) is 0 Å². The van der Waals surface area contributed by atoms with Crippen LogP contribution in [0.3, 0.4) is 0 Å². The molecule has 0 spiro atoms. The lowest BCUT2D eigenvalue weighted by molar-refractivity contribution is 0.0190. The van der Waals surface area contributed by atoms with Gasteiger partial charge in [-0.3, -0.25) is 0 Å². The summed E-state index contributed by atoms with van der Waals surface area (Å²) in [4.78, 5) is 0. The fourth-order valence-corrected chi connectivity index (χ4v) is 3.68. The van der Waals surface area contributed by atoms with Gasteiger partial charge in [-0.05, 0) is 43.5 Å². The number of hydrogen-bond acceptors (Lipinski definition) is 3. The second-order valence-corrected chi connectivity index (χ2v) is 6.39. The maximum Gasteiger partial charge on any atom is 0.0813 e. The molecular weight excluding hydrogens is 304 g/mol. The molecule has 0 heterocycles. The Bertz CT molecular complexity index is 418. The third kappa shape index (κ3) is 3.30. The predicted octanol–water partition coefficient (Wildman–Crippen LogP) is 3.46. The number of hydrogen-bond donors (Lipinski definition) is 2. The molecule has 19 heavy (non-hydrogen) atoms. The number of nitrogens with one attached hydrogen (secondary N) is 1. The Morgan fingerprint density at radius 2 is 2.21 bits per heavy atom. The van der Waals surface area contributed by atoms with E-state index in [0.717, 1.165) is 23.0 Å². The normalized spacial score (nSPS) is 27.3. The van der Waals surface area contributed by atoms with E-state index in [4.69, 9.17) is 10.5 Å². The summed E-state index contributed by atoms with van der Waals surface area (Å²) in [6.45, 7) is 2.69. The molecule has 4 heteroatoms. The first-order chi connectivity index (χ1) is 9.09. The van der Waals surface area contributed by atoms with Crippen LogP contribution in [0.15, 0.2) is 22.7 Å². The van der Waals surface area contributed by atoms with E-state index in [1.165, 1.54) is 18.4 Å². The molecule has 1 saturated carbocycles. The lowest BCUT2D eigenvalue weighted by Gasteiger charge is -2.44. The van der Waals surface area contributed by atoms with Crippen LogP contribution >= 0.6 is 15.9 Å². The lowest BCUT2D eigenvalue weighted by atomic mass is 9.78. The molecule has 1 fully saturated rings. The van der Waals surface area contributed by atoms with Gasteiger partial charge in [-0.15, -0.1) is 0 Å². The highest BCUT2D eigenvalue weighted by atomic mass is 79.9. The number of methoxy groups -OCH3 is 1. The molecule has 0 saturated heterocycles. The molecular formula is C15H23BrN2O. The fraction of sp³-hybridized carbons (Fsp3) is 0.600. The number of anilines is 1. The second kappa shape index (κ2) is 6.25. The lowest BCUT2D eigenvalue weighted by Crippen LogP contribution is -2.57. The molecule has 3 N–H and O–H groups in total. The number of benzene rings is 1. The van der Waals surface area contributed by atoms with Crippen LogP contribution in [0, 0.1) is 6.92 Å². The van der Waals surface area contributed by atoms with Crippen LogP contribution in [-0.4, -0.2) is 25.3 Å². The summed E-state index contributed by atoms with van der Waals surface area (Å²) < 4.78 is 6.77. The Balaban J connectivity index is 2.25. The van der Waals surface area contributed by atoms with E-state index in [0.29, 0.717) is 6.54 Å². The summed E-state index contributed by atoms with van der Waals surface area (Å²) in [6.07, 6.45) is 4.75. The van der Waals surface area contributed by atoms with E-state index < -0.39 is 0 Å². The van der Waals surface area contributed by atoms with Crippen LogP contribution in [0.4, 0.5) is 5.69 Å². The minimum atomic E-state index is -0.139. The highest BCUT2D eigenvalue weighted by Gasteiger charge is 2.40. The quantitative estimate of drug-likeness (QED) is 0.890. The van der Waals surface area contributed by atoms with Gasteiger partial charge in [0, 0.05) is 23.8 Å². The van der Waals surface area contributed by atoms with Crippen molar-refractivity contribution < 1.29 is 4.74 Å². The van der Waals surface area contributed by atoms with Gasteiger partial charge < -0.3 is 15.8 Å². The average Bonchev–Trinajstić information content (AvgIpc) is 2.38. The number of aryl methyl sites for hydroxylation is 1. The summed E-state index contributed by atoms with van der Waals surface area (Å²) in [5.74, 6) is 0. The van der Waals surface area contributed by atoms with Gasteiger partial charge in [0.15, 0.2) is 0 Å². The standard InChI is InChI=1S/C15H23BrN2O/c1-11-7-12(16)9-13(8-11)18-15(10-17)6-4-3-5-14(15)19-2/h7-9,14,18H,3-6,10,17H2,1-2H3. The highest BCUT2D eigenvalue weighted by Crippen LogP contribution is 2.34. The van der Waals surface area contributed by atoms with Crippen molar-refractivity contribution in [2.45, 2.75) is 44.2 Å². The summed E-state index contributed by atoms with van der Waals surface area (Å²) in [5.41, 5.74) is 8.28. The van der Waals surface area contributed by atoms with Crippen molar-refractivity contribution >= 4 is 21.6 Å². The van der Waals surface area contributed by atoms with E-state index in [9.17, 15) is 0 Å². The van der Waals surface area contributed by atoms with Gasteiger partial charge in [-0.1, -0.05) is 28.8 Å². The zero-order chi connectivity index (χ0) is 13.9. The molecule has 106 valence electrons. The molecule has 2 atom stereocenters. The molecule has 1 aromatic rings. The van der Waals surface area contributed by atoms with Crippen LogP contribution < -0.4 is 11.1 Å². The average molecular weight is 327 g/mol. The van der Waals surface area contributed by atoms with Crippen molar-refractivity contribution in [2.24, 2.45) is 5.73 Å². The van der Waals surface area contributed by atoms with E-state index in [1.54, 1.807) is 7.11 Å². The topological polar surface area (TPSA) is 47.3 Å². The summed E-state index contributed by atoms with van der Waals surface area (Å²) >= 11 is 3.55. The van der Waals surface area contributed by atoms with Crippen molar-refractivity contribution in [3.8, 4) is 0 Å². The third-order valence-electron chi connectivity index (χ3n) is 4.04. The number of nitrogens with two attached hydrogens (primary N) is 1. The molecule has 0 radical (unpaired) electrons. The van der Waals surface area contributed by atoms with Crippen molar-refractivity contribution in [2.75, 3.05) is 19.0 Å². The Labute approximate surface area is 124 Å². The molecule has 0 aliphatic heterocycles. The van der Waals surface area contributed by atoms with Gasteiger partial charge >= 0.3 is 0 Å². The fourth-order valence-electron chi connectivity index (χ4n) is 3.07. The highest BCUT2D eigenvalue weighted by molar-refractivity contribution is 9.10. The van der Waals surface area contributed by atoms with Crippen molar-refractivity contribution in [1.29, 1.82) is 0 Å². The Hall–Kier alpha value is -0.580. The van der Waals surface area contributed by atoms with Crippen molar-refractivity contribution in [1.82, 2.24) is 0 Å². The molecule has 1 aromatic carbocycles. The van der Waals surface area contributed by atoms with Crippen LogP contribution in [0.5, 0.6) is 0 Å². The summed E-state index contributed by atoms with van der Waals surface area (Å²) in [6, 6.07) is 6.37. The molecule has 0 amide bonds. The molecule has 2 rings (SSSR count). The van der Waals surface area contributed by atoms with Crippen LogP contribution in [-0.2, 0) is 4.74 Å². The van der Waals surface area contributed by atoms with E-state index in [1.807, 2.05) is 0 Å². The van der Waals surface area contributed by atoms with E-state index in [-0.39, 0.29) is 11.6 Å². The zero-order valence-electron chi connectivity index (χ0n) is 11.7. The van der Waals surface area contributed by atoms with Crippen LogP contribution in [0.2, 0.25) is 0 Å². The molecule has 3 nitrogen and oxygen atoms in total. The van der Waals surface area contributed by atoms with Gasteiger partial charge in [0.25, 0.3) is 0 Å². The first-order valence-corrected chi connectivity index (χ1v) is 7.67. The van der Waals surface area contributed by atoms with Gasteiger partial charge in [0.1, 0.15) is 0 Å². The summed E-state index contributed by atoms with van der Waals surface area (Å²) in [5, 5.41) is 3.65. The molecule has 0 aromatic heterocycles. The van der Waals surface area contributed by atoms with Gasteiger partial charge in [-0.2, -0.15) is 0 Å². The van der Waals surface area contributed by atoms with Gasteiger partial charge in [0.2, 0.25) is 0 Å². The van der Waals surface area contributed by atoms with Gasteiger partial charge in [-0.25, -0.2) is 0 Å². The smallest absolute Gasteiger partial charge is 0.0813 e. The molecule has 1 aliphatic rings. The first kappa shape index (κ1) is 14.8. The van der Waals surface area contributed by atoms with E-state index >= 15 is 0 Å². The number of ether oxygens (including phenoxy) is 1. The second-order valence-electron chi connectivity index (χ2n) is 5.47.